The molecule has 19 heavy (non-hydrogen) atoms. The second-order valence-corrected chi connectivity index (χ2v) is 4.99. The molecule has 1 unspecified atom stereocenters. The average molecular weight is 269 g/mol. The van der Waals surface area contributed by atoms with Gasteiger partial charge in [0.1, 0.15) is 11.6 Å². The Bertz CT molecular complexity index is 439. The molecule has 104 valence electrons. The minimum atomic E-state index is -0.937. The Labute approximate surface area is 110 Å². The summed E-state index contributed by atoms with van der Waals surface area (Å²) in [4.78, 5) is 11.0. The lowest BCUT2D eigenvalue weighted by molar-refractivity contribution is -0.137. The standard InChI is InChI=1S/C14H17F2NO2/c15-11-5-10(6-12(16)7-11)13(8-14(18)19)9-1-3-17-4-2-9/h5-7,9,13,17H,1-4,8H2,(H,18,19). The van der Waals surface area contributed by atoms with E-state index in [4.69, 9.17) is 5.11 Å². The fourth-order valence-electron chi connectivity index (χ4n) is 2.78. The van der Waals surface area contributed by atoms with Crippen LogP contribution in [0.15, 0.2) is 18.2 Å². The Morgan fingerprint density at radius 3 is 2.37 bits per heavy atom. The van der Waals surface area contributed by atoms with Gasteiger partial charge in [0.25, 0.3) is 0 Å². The minimum Gasteiger partial charge on any atom is -0.481 e. The lowest BCUT2D eigenvalue weighted by Gasteiger charge is -2.30. The molecule has 0 saturated carbocycles. The van der Waals surface area contributed by atoms with Crippen LogP contribution in [0.5, 0.6) is 0 Å². The van der Waals surface area contributed by atoms with E-state index in [9.17, 15) is 13.6 Å². The largest absolute Gasteiger partial charge is 0.481 e. The van der Waals surface area contributed by atoms with Gasteiger partial charge in [-0.05, 0) is 55.5 Å². The third-order valence-corrected chi connectivity index (χ3v) is 3.66. The second kappa shape index (κ2) is 6.10. The van der Waals surface area contributed by atoms with Crippen LogP contribution in [0, 0.1) is 17.6 Å². The molecule has 1 fully saturated rings. The Balaban J connectivity index is 2.27. The van der Waals surface area contributed by atoms with Crippen molar-refractivity contribution in [2.24, 2.45) is 5.92 Å². The van der Waals surface area contributed by atoms with Gasteiger partial charge in [-0.15, -0.1) is 0 Å². The van der Waals surface area contributed by atoms with Crippen LogP contribution in [0.25, 0.3) is 0 Å². The van der Waals surface area contributed by atoms with Crippen LogP contribution in [-0.4, -0.2) is 24.2 Å². The number of rotatable bonds is 4. The van der Waals surface area contributed by atoms with E-state index in [1.807, 2.05) is 0 Å². The number of carboxylic acid groups (broad SMARTS) is 1. The van der Waals surface area contributed by atoms with Gasteiger partial charge < -0.3 is 10.4 Å². The highest BCUT2D eigenvalue weighted by atomic mass is 19.1. The maximum Gasteiger partial charge on any atom is 0.303 e. The van der Waals surface area contributed by atoms with Gasteiger partial charge in [0, 0.05) is 6.07 Å². The lowest BCUT2D eigenvalue weighted by Crippen LogP contribution is -2.31. The topological polar surface area (TPSA) is 49.3 Å². The first-order valence-electron chi connectivity index (χ1n) is 6.45. The van der Waals surface area contributed by atoms with Gasteiger partial charge in [-0.25, -0.2) is 8.78 Å². The van der Waals surface area contributed by atoms with Crippen molar-refractivity contribution in [3.63, 3.8) is 0 Å². The number of halogens is 2. The molecule has 1 saturated heterocycles. The van der Waals surface area contributed by atoms with E-state index < -0.39 is 17.6 Å². The lowest BCUT2D eigenvalue weighted by atomic mass is 9.78. The Morgan fingerprint density at radius 2 is 1.84 bits per heavy atom. The van der Waals surface area contributed by atoms with Crippen LogP contribution in [0.2, 0.25) is 0 Å². The van der Waals surface area contributed by atoms with Gasteiger partial charge >= 0.3 is 5.97 Å². The molecule has 0 amide bonds. The van der Waals surface area contributed by atoms with E-state index in [0.717, 1.165) is 32.0 Å². The molecular formula is C14H17F2NO2. The van der Waals surface area contributed by atoms with Crippen molar-refractivity contribution in [3.8, 4) is 0 Å². The van der Waals surface area contributed by atoms with Crippen molar-refractivity contribution in [1.29, 1.82) is 0 Å². The summed E-state index contributed by atoms with van der Waals surface area (Å²) < 4.78 is 26.6. The maximum absolute atomic E-state index is 13.3. The molecule has 1 aliphatic heterocycles. The first-order valence-corrected chi connectivity index (χ1v) is 6.45. The molecule has 1 heterocycles. The monoisotopic (exact) mass is 269 g/mol. The van der Waals surface area contributed by atoms with Crippen LogP contribution in [0.4, 0.5) is 8.78 Å². The molecule has 2 rings (SSSR count). The fourth-order valence-corrected chi connectivity index (χ4v) is 2.78. The fraction of sp³-hybridized carbons (Fsp3) is 0.500. The number of hydrogen-bond donors (Lipinski definition) is 2. The van der Waals surface area contributed by atoms with Crippen molar-refractivity contribution in [2.75, 3.05) is 13.1 Å². The highest BCUT2D eigenvalue weighted by Gasteiger charge is 2.27. The van der Waals surface area contributed by atoms with E-state index in [1.54, 1.807) is 0 Å². The van der Waals surface area contributed by atoms with Crippen LogP contribution in [0.1, 0.15) is 30.7 Å². The zero-order chi connectivity index (χ0) is 13.8. The molecule has 1 aromatic carbocycles. The predicted octanol–water partition coefficient (Wildman–Crippen LogP) is 2.52. The summed E-state index contributed by atoms with van der Waals surface area (Å²) in [6.07, 6.45) is 1.57. The van der Waals surface area contributed by atoms with Crippen molar-refractivity contribution in [1.82, 2.24) is 5.32 Å². The van der Waals surface area contributed by atoms with Gasteiger partial charge in [0.05, 0.1) is 6.42 Å². The molecule has 0 spiro atoms. The number of nitrogens with one attached hydrogen (secondary N) is 1. The third kappa shape index (κ3) is 3.73. The first kappa shape index (κ1) is 13.9. The van der Waals surface area contributed by atoms with E-state index in [-0.39, 0.29) is 18.3 Å². The average Bonchev–Trinajstić information content (AvgIpc) is 2.35. The van der Waals surface area contributed by atoms with Gasteiger partial charge in [0.2, 0.25) is 0 Å². The Kier molecular flexibility index (Phi) is 4.47. The van der Waals surface area contributed by atoms with Crippen LogP contribution < -0.4 is 5.32 Å². The van der Waals surface area contributed by atoms with Gasteiger partial charge in [-0.2, -0.15) is 0 Å². The molecule has 1 aliphatic rings. The second-order valence-electron chi connectivity index (χ2n) is 4.99. The molecule has 3 nitrogen and oxygen atoms in total. The molecule has 2 N–H and O–H groups in total. The Morgan fingerprint density at radius 1 is 1.26 bits per heavy atom. The zero-order valence-corrected chi connectivity index (χ0v) is 10.5. The summed E-state index contributed by atoms with van der Waals surface area (Å²) in [5, 5.41) is 12.2. The summed E-state index contributed by atoms with van der Waals surface area (Å²) in [7, 11) is 0. The van der Waals surface area contributed by atoms with Crippen molar-refractivity contribution in [3.05, 3.63) is 35.4 Å². The number of piperidine rings is 1. The van der Waals surface area contributed by atoms with E-state index in [2.05, 4.69) is 5.32 Å². The molecule has 0 radical (unpaired) electrons. The number of aliphatic carboxylic acids is 1. The SMILES string of the molecule is O=C(O)CC(c1cc(F)cc(F)c1)C1CCNCC1. The highest BCUT2D eigenvalue weighted by Crippen LogP contribution is 2.34. The normalized spacial score (nSPS) is 18.2. The van der Waals surface area contributed by atoms with Crippen LogP contribution in [0.3, 0.4) is 0 Å². The molecule has 1 aromatic rings. The number of benzene rings is 1. The number of carbonyl (C=O) groups is 1. The van der Waals surface area contributed by atoms with Crippen molar-refractivity contribution >= 4 is 5.97 Å². The summed E-state index contributed by atoms with van der Waals surface area (Å²) in [5.41, 5.74) is 0.451. The summed E-state index contributed by atoms with van der Waals surface area (Å²) in [6, 6.07) is 3.31. The molecule has 0 aliphatic carbocycles. The van der Waals surface area contributed by atoms with E-state index in [0.29, 0.717) is 5.56 Å². The molecule has 0 bridgehead atoms. The summed E-state index contributed by atoms with van der Waals surface area (Å²) in [6.45, 7) is 1.64. The maximum atomic E-state index is 13.3. The Hall–Kier alpha value is -1.49. The van der Waals surface area contributed by atoms with Crippen molar-refractivity contribution in [2.45, 2.75) is 25.2 Å². The van der Waals surface area contributed by atoms with Crippen LogP contribution >= 0.6 is 0 Å². The minimum absolute atomic E-state index is 0.0897. The first-order chi connectivity index (χ1) is 9.06. The molecule has 5 heteroatoms. The summed E-state index contributed by atoms with van der Waals surface area (Å²) >= 11 is 0. The zero-order valence-electron chi connectivity index (χ0n) is 10.5. The smallest absolute Gasteiger partial charge is 0.303 e. The van der Waals surface area contributed by atoms with Gasteiger partial charge in [-0.3, -0.25) is 4.79 Å². The highest BCUT2D eigenvalue weighted by molar-refractivity contribution is 5.68. The number of carboxylic acids is 1. The molecule has 0 aromatic heterocycles. The third-order valence-electron chi connectivity index (χ3n) is 3.66. The predicted molar refractivity (Wildman–Crippen MR) is 66.9 cm³/mol. The van der Waals surface area contributed by atoms with Crippen LogP contribution in [-0.2, 0) is 4.79 Å². The van der Waals surface area contributed by atoms with Crippen molar-refractivity contribution < 1.29 is 18.7 Å². The van der Waals surface area contributed by atoms with E-state index >= 15 is 0 Å². The van der Waals surface area contributed by atoms with Gasteiger partial charge in [0.15, 0.2) is 0 Å². The van der Waals surface area contributed by atoms with E-state index in [1.165, 1.54) is 12.1 Å². The number of hydrogen-bond acceptors (Lipinski definition) is 2. The summed E-state index contributed by atoms with van der Waals surface area (Å²) in [5.74, 6) is -2.42. The molecule has 1 atom stereocenters. The quantitative estimate of drug-likeness (QED) is 0.883. The van der Waals surface area contributed by atoms with Gasteiger partial charge in [-0.1, -0.05) is 0 Å². The molecular weight excluding hydrogens is 252 g/mol.